The van der Waals surface area contributed by atoms with Gasteiger partial charge in [0.25, 0.3) is 15.9 Å². The Labute approximate surface area is 198 Å². The number of carbonyl (C=O) groups excluding carboxylic acids is 1. The molecule has 0 aliphatic rings. The van der Waals surface area contributed by atoms with Crippen molar-refractivity contribution in [3.8, 4) is 5.75 Å². The van der Waals surface area contributed by atoms with Crippen LogP contribution < -0.4 is 14.5 Å². The van der Waals surface area contributed by atoms with Gasteiger partial charge in [0.2, 0.25) is 0 Å². The lowest BCUT2D eigenvalue weighted by atomic mass is 10.2. The molecule has 0 unspecified atom stereocenters. The minimum Gasteiger partial charge on any atom is -0.492 e. The van der Waals surface area contributed by atoms with Gasteiger partial charge in [0.15, 0.2) is 0 Å². The van der Waals surface area contributed by atoms with E-state index < -0.39 is 22.5 Å². The van der Waals surface area contributed by atoms with Crippen molar-refractivity contribution in [1.82, 2.24) is 5.43 Å². The SMILES string of the molecule is CCOc1ccccc1N(CC(=O)N/N=C\c1ccc(C)cc1)S(=O)(=O)c1ccc(Cl)cc1. The van der Waals surface area contributed by atoms with Crippen molar-refractivity contribution in [2.24, 2.45) is 5.10 Å². The number of hydrogen-bond donors (Lipinski definition) is 1. The summed E-state index contributed by atoms with van der Waals surface area (Å²) in [6.45, 7) is 3.60. The highest BCUT2D eigenvalue weighted by molar-refractivity contribution is 7.92. The third kappa shape index (κ3) is 6.34. The third-order valence-electron chi connectivity index (χ3n) is 4.60. The van der Waals surface area contributed by atoms with Crippen molar-refractivity contribution in [2.75, 3.05) is 17.5 Å². The molecule has 9 heteroatoms. The molecule has 1 N–H and O–H groups in total. The van der Waals surface area contributed by atoms with Gasteiger partial charge in [-0.1, -0.05) is 53.6 Å². The summed E-state index contributed by atoms with van der Waals surface area (Å²) in [5.41, 5.74) is 4.54. The average Bonchev–Trinajstić information content (AvgIpc) is 2.80. The predicted molar refractivity (Wildman–Crippen MR) is 131 cm³/mol. The van der Waals surface area contributed by atoms with Crippen LogP contribution in [0.2, 0.25) is 5.02 Å². The minimum absolute atomic E-state index is 0.00541. The van der Waals surface area contributed by atoms with Crippen LogP contribution >= 0.6 is 11.6 Å². The lowest BCUT2D eigenvalue weighted by molar-refractivity contribution is -0.119. The maximum atomic E-state index is 13.5. The minimum atomic E-state index is -4.11. The maximum Gasteiger partial charge on any atom is 0.264 e. The summed E-state index contributed by atoms with van der Waals surface area (Å²) in [6, 6.07) is 20.0. The number of nitrogens with zero attached hydrogens (tertiary/aromatic N) is 2. The normalized spacial score (nSPS) is 11.4. The number of carbonyl (C=O) groups is 1. The highest BCUT2D eigenvalue weighted by Crippen LogP contribution is 2.32. The van der Waals surface area contributed by atoms with Crippen LogP contribution in [0.5, 0.6) is 5.75 Å². The molecule has 0 fully saturated rings. The van der Waals surface area contributed by atoms with Crippen molar-refractivity contribution in [2.45, 2.75) is 18.7 Å². The molecule has 0 bridgehead atoms. The molecule has 1 amide bonds. The number of hydrogen-bond acceptors (Lipinski definition) is 5. The van der Waals surface area contributed by atoms with E-state index in [0.29, 0.717) is 17.4 Å². The molecule has 0 spiro atoms. The zero-order valence-corrected chi connectivity index (χ0v) is 19.8. The molecule has 0 saturated carbocycles. The van der Waals surface area contributed by atoms with Crippen molar-refractivity contribution in [3.05, 3.63) is 88.9 Å². The molecule has 3 rings (SSSR count). The van der Waals surface area contributed by atoms with Gasteiger partial charge in [0, 0.05) is 5.02 Å². The standard InChI is InChI=1S/C24H24ClN3O4S/c1-3-32-23-7-5-4-6-22(23)28(33(30,31)21-14-12-20(25)13-15-21)17-24(29)27-26-16-19-10-8-18(2)9-11-19/h4-16H,3,17H2,1-2H3,(H,27,29)/b26-16-. The maximum absolute atomic E-state index is 13.5. The molecule has 3 aromatic rings. The Bertz CT molecular complexity index is 1230. The van der Waals surface area contributed by atoms with E-state index in [9.17, 15) is 13.2 Å². The molecule has 3 aromatic carbocycles. The fraction of sp³-hybridized carbons (Fsp3) is 0.167. The van der Waals surface area contributed by atoms with Gasteiger partial charge in [-0.25, -0.2) is 13.8 Å². The van der Waals surface area contributed by atoms with Gasteiger partial charge >= 0.3 is 0 Å². The Hall–Kier alpha value is -3.36. The van der Waals surface area contributed by atoms with E-state index in [1.54, 1.807) is 31.2 Å². The summed E-state index contributed by atoms with van der Waals surface area (Å²) in [5, 5.41) is 4.35. The van der Waals surface area contributed by atoms with Crippen LogP contribution in [-0.2, 0) is 14.8 Å². The zero-order valence-electron chi connectivity index (χ0n) is 18.2. The average molecular weight is 486 g/mol. The quantitative estimate of drug-likeness (QED) is 0.359. The topological polar surface area (TPSA) is 88.1 Å². The molecule has 0 atom stereocenters. The summed E-state index contributed by atoms with van der Waals surface area (Å²) >= 11 is 5.92. The van der Waals surface area contributed by atoms with E-state index in [2.05, 4.69) is 10.5 Å². The second-order valence-corrected chi connectivity index (χ2v) is 9.37. The Morgan fingerprint density at radius 1 is 1.06 bits per heavy atom. The molecule has 0 heterocycles. The summed E-state index contributed by atoms with van der Waals surface area (Å²) in [6.07, 6.45) is 1.49. The number of sulfonamides is 1. The molecule has 0 saturated heterocycles. The van der Waals surface area contributed by atoms with Gasteiger partial charge in [0.1, 0.15) is 12.3 Å². The van der Waals surface area contributed by atoms with Gasteiger partial charge in [-0.15, -0.1) is 0 Å². The monoisotopic (exact) mass is 485 g/mol. The Balaban J connectivity index is 1.89. The number of aryl methyl sites for hydroxylation is 1. The molecule has 0 aliphatic heterocycles. The number of anilines is 1. The van der Waals surface area contributed by atoms with Crippen molar-refractivity contribution < 1.29 is 17.9 Å². The lowest BCUT2D eigenvalue weighted by Gasteiger charge is -2.25. The number of amides is 1. The van der Waals surface area contributed by atoms with Gasteiger partial charge in [0.05, 0.1) is 23.4 Å². The molecule has 0 aliphatic carbocycles. The van der Waals surface area contributed by atoms with Crippen LogP contribution in [0.25, 0.3) is 0 Å². The first-order chi connectivity index (χ1) is 15.8. The first kappa shape index (κ1) is 24.3. The summed E-state index contributed by atoms with van der Waals surface area (Å²) in [7, 11) is -4.11. The van der Waals surface area contributed by atoms with E-state index in [0.717, 1.165) is 15.4 Å². The number of ether oxygens (including phenoxy) is 1. The Kier molecular flexibility index (Phi) is 8.08. The van der Waals surface area contributed by atoms with Crippen LogP contribution in [0.3, 0.4) is 0 Å². The number of benzene rings is 3. The number of hydrazone groups is 1. The van der Waals surface area contributed by atoms with Crippen molar-refractivity contribution in [1.29, 1.82) is 0 Å². The van der Waals surface area contributed by atoms with Crippen LogP contribution in [0.15, 0.2) is 82.8 Å². The molecule has 0 aromatic heterocycles. The van der Waals surface area contributed by atoms with Gasteiger partial charge in [-0.3, -0.25) is 9.10 Å². The first-order valence-corrected chi connectivity index (χ1v) is 12.0. The number of halogens is 1. The fourth-order valence-corrected chi connectivity index (χ4v) is 4.53. The van der Waals surface area contributed by atoms with E-state index in [-0.39, 0.29) is 10.6 Å². The highest BCUT2D eigenvalue weighted by atomic mass is 35.5. The molecule has 0 radical (unpaired) electrons. The zero-order chi connectivity index (χ0) is 23.8. The van der Waals surface area contributed by atoms with E-state index in [1.165, 1.54) is 30.5 Å². The number of nitrogens with one attached hydrogen (secondary N) is 1. The second-order valence-electron chi connectivity index (χ2n) is 7.07. The van der Waals surface area contributed by atoms with Gasteiger partial charge in [-0.2, -0.15) is 5.10 Å². The Morgan fingerprint density at radius 3 is 2.39 bits per heavy atom. The highest BCUT2D eigenvalue weighted by Gasteiger charge is 2.29. The third-order valence-corrected chi connectivity index (χ3v) is 6.63. The largest absolute Gasteiger partial charge is 0.492 e. The lowest BCUT2D eigenvalue weighted by Crippen LogP contribution is -2.39. The van der Waals surface area contributed by atoms with E-state index in [1.807, 2.05) is 31.2 Å². The molecule has 33 heavy (non-hydrogen) atoms. The van der Waals surface area contributed by atoms with E-state index >= 15 is 0 Å². The number of rotatable bonds is 9. The second kappa shape index (κ2) is 11.0. The number of para-hydroxylation sites is 2. The van der Waals surface area contributed by atoms with Crippen molar-refractivity contribution in [3.63, 3.8) is 0 Å². The predicted octanol–water partition coefficient (Wildman–Crippen LogP) is 4.39. The van der Waals surface area contributed by atoms with E-state index in [4.69, 9.17) is 16.3 Å². The fourth-order valence-electron chi connectivity index (χ4n) is 2.97. The summed E-state index contributed by atoms with van der Waals surface area (Å²) in [4.78, 5) is 12.7. The van der Waals surface area contributed by atoms with Gasteiger partial charge in [-0.05, 0) is 55.8 Å². The first-order valence-electron chi connectivity index (χ1n) is 10.2. The molecular weight excluding hydrogens is 462 g/mol. The summed E-state index contributed by atoms with van der Waals surface area (Å²) < 4.78 is 33.6. The summed E-state index contributed by atoms with van der Waals surface area (Å²) in [5.74, 6) is -0.268. The Morgan fingerprint density at radius 2 is 1.73 bits per heavy atom. The smallest absolute Gasteiger partial charge is 0.264 e. The van der Waals surface area contributed by atoms with Crippen LogP contribution in [0.4, 0.5) is 5.69 Å². The van der Waals surface area contributed by atoms with Crippen LogP contribution in [0, 0.1) is 6.92 Å². The molecule has 172 valence electrons. The van der Waals surface area contributed by atoms with Crippen LogP contribution in [0.1, 0.15) is 18.1 Å². The van der Waals surface area contributed by atoms with Crippen molar-refractivity contribution >= 4 is 39.4 Å². The van der Waals surface area contributed by atoms with Gasteiger partial charge < -0.3 is 4.74 Å². The van der Waals surface area contributed by atoms with Crippen LogP contribution in [-0.4, -0.2) is 33.7 Å². The molecular formula is C24H24ClN3O4S. The molecule has 7 nitrogen and oxygen atoms in total.